The summed E-state index contributed by atoms with van der Waals surface area (Å²) in [7, 11) is 0. The van der Waals surface area contributed by atoms with Crippen LogP contribution in [0.1, 0.15) is 18.1 Å². The van der Waals surface area contributed by atoms with Crippen molar-refractivity contribution in [2.45, 2.75) is 12.5 Å². The van der Waals surface area contributed by atoms with E-state index in [9.17, 15) is 23.2 Å². The first kappa shape index (κ1) is 18.5. The SMILES string of the molecule is NC(=O)C(OC(=O)C1CC(=O)N(c2ccccc2F)C1)c1ccc(F)cc1. The molecule has 3 rings (SSSR count). The maximum atomic E-state index is 13.9. The second-order valence-electron chi connectivity index (χ2n) is 6.13. The fourth-order valence-electron chi connectivity index (χ4n) is 2.91. The number of ether oxygens (including phenoxy) is 1. The average molecular weight is 374 g/mol. The summed E-state index contributed by atoms with van der Waals surface area (Å²) >= 11 is 0. The van der Waals surface area contributed by atoms with Gasteiger partial charge < -0.3 is 15.4 Å². The number of para-hydroxylation sites is 1. The summed E-state index contributed by atoms with van der Waals surface area (Å²) < 4.78 is 32.1. The molecule has 8 heteroatoms. The van der Waals surface area contributed by atoms with Crippen LogP contribution in [-0.4, -0.2) is 24.3 Å². The number of carbonyl (C=O) groups excluding carboxylic acids is 3. The first-order valence-electron chi connectivity index (χ1n) is 8.17. The molecule has 1 aliphatic rings. The second-order valence-corrected chi connectivity index (χ2v) is 6.13. The number of halogens is 2. The molecule has 0 bridgehead atoms. The molecule has 1 heterocycles. The van der Waals surface area contributed by atoms with Gasteiger partial charge in [0.2, 0.25) is 12.0 Å². The number of carbonyl (C=O) groups is 3. The van der Waals surface area contributed by atoms with Crippen molar-refractivity contribution in [3.05, 3.63) is 65.7 Å². The number of benzene rings is 2. The van der Waals surface area contributed by atoms with Gasteiger partial charge >= 0.3 is 5.97 Å². The fourth-order valence-corrected chi connectivity index (χ4v) is 2.91. The van der Waals surface area contributed by atoms with Gasteiger partial charge in [-0.15, -0.1) is 0 Å². The van der Waals surface area contributed by atoms with Gasteiger partial charge in [-0.05, 0) is 24.3 Å². The number of primary amides is 1. The smallest absolute Gasteiger partial charge is 0.312 e. The highest BCUT2D eigenvalue weighted by molar-refractivity contribution is 5.99. The molecule has 6 nitrogen and oxygen atoms in total. The summed E-state index contributed by atoms with van der Waals surface area (Å²) in [6, 6.07) is 10.5. The van der Waals surface area contributed by atoms with Gasteiger partial charge in [0.05, 0.1) is 11.6 Å². The molecule has 0 aliphatic carbocycles. The molecule has 2 aromatic rings. The Morgan fingerprint density at radius 3 is 2.41 bits per heavy atom. The Labute approximate surface area is 153 Å². The molecule has 2 unspecified atom stereocenters. The predicted molar refractivity (Wildman–Crippen MR) is 91.3 cm³/mol. The van der Waals surface area contributed by atoms with Crippen molar-refractivity contribution < 1.29 is 27.9 Å². The summed E-state index contributed by atoms with van der Waals surface area (Å²) in [5.74, 6) is -4.14. The van der Waals surface area contributed by atoms with Gasteiger partial charge in [-0.25, -0.2) is 8.78 Å². The molecule has 2 aromatic carbocycles. The topological polar surface area (TPSA) is 89.7 Å². The maximum Gasteiger partial charge on any atom is 0.312 e. The fraction of sp³-hybridized carbons (Fsp3) is 0.211. The molecule has 1 aliphatic heterocycles. The molecule has 0 radical (unpaired) electrons. The summed E-state index contributed by atoms with van der Waals surface area (Å²) in [5, 5.41) is 0. The van der Waals surface area contributed by atoms with Crippen LogP contribution < -0.4 is 10.6 Å². The van der Waals surface area contributed by atoms with E-state index in [0.29, 0.717) is 0 Å². The van der Waals surface area contributed by atoms with Gasteiger partial charge in [-0.1, -0.05) is 24.3 Å². The molecule has 0 saturated carbocycles. The number of esters is 1. The molecule has 0 spiro atoms. The third-order valence-electron chi connectivity index (χ3n) is 4.27. The summed E-state index contributed by atoms with van der Waals surface area (Å²) in [5.41, 5.74) is 5.57. The Morgan fingerprint density at radius 1 is 1.11 bits per heavy atom. The molecular formula is C19H16F2N2O4. The molecule has 2 N–H and O–H groups in total. The minimum Gasteiger partial charge on any atom is -0.447 e. The Hall–Kier alpha value is -3.29. The first-order chi connectivity index (χ1) is 12.9. The van der Waals surface area contributed by atoms with E-state index in [1.54, 1.807) is 6.07 Å². The Bertz CT molecular complexity index is 886. The molecule has 27 heavy (non-hydrogen) atoms. The zero-order valence-electron chi connectivity index (χ0n) is 14.1. The van der Waals surface area contributed by atoms with Crippen LogP contribution >= 0.6 is 0 Å². The van der Waals surface area contributed by atoms with E-state index in [1.807, 2.05) is 0 Å². The maximum absolute atomic E-state index is 13.9. The van der Waals surface area contributed by atoms with Gasteiger partial charge in [-0.3, -0.25) is 14.4 Å². The van der Waals surface area contributed by atoms with Crippen molar-refractivity contribution in [2.75, 3.05) is 11.4 Å². The van der Waals surface area contributed by atoms with Crippen LogP contribution in [0.25, 0.3) is 0 Å². The zero-order chi connectivity index (χ0) is 19.6. The average Bonchev–Trinajstić information content (AvgIpc) is 3.02. The normalized spacial score (nSPS) is 17.6. The van der Waals surface area contributed by atoms with E-state index in [4.69, 9.17) is 10.5 Å². The van der Waals surface area contributed by atoms with Gasteiger partial charge in [0.1, 0.15) is 11.6 Å². The van der Waals surface area contributed by atoms with Crippen LogP contribution in [0.5, 0.6) is 0 Å². The highest BCUT2D eigenvalue weighted by Gasteiger charge is 2.38. The highest BCUT2D eigenvalue weighted by atomic mass is 19.1. The zero-order valence-corrected chi connectivity index (χ0v) is 14.1. The molecule has 2 amide bonds. The number of anilines is 1. The minimum absolute atomic E-state index is 0.0720. The predicted octanol–water partition coefficient (Wildman–Crippen LogP) is 2.09. The van der Waals surface area contributed by atoms with E-state index < -0.39 is 41.4 Å². The number of hydrogen-bond acceptors (Lipinski definition) is 4. The molecule has 1 fully saturated rings. The van der Waals surface area contributed by atoms with Crippen LogP contribution in [-0.2, 0) is 19.1 Å². The third kappa shape index (κ3) is 3.94. The van der Waals surface area contributed by atoms with E-state index in [0.717, 1.165) is 12.1 Å². The number of nitrogens with zero attached hydrogens (tertiary/aromatic N) is 1. The van der Waals surface area contributed by atoms with E-state index in [-0.39, 0.29) is 24.2 Å². The molecule has 2 atom stereocenters. The molecule has 140 valence electrons. The molecule has 0 aromatic heterocycles. The van der Waals surface area contributed by atoms with Crippen LogP contribution in [0.3, 0.4) is 0 Å². The number of amides is 2. The van der Waals surface area contributed by atoms with Gasteiger partial charge in [0.15, 0.2) is 0 Å². The number of hydrogen-bond donors (Lipinski definition) is 1. The van der Waals surface area contributed by atoms with E-state index >= 15 is 0 Å². The quantitative estimate of drug-likeness (QED) is 0.812. The molecular weight excluding hydrogens is 358 g/mol. The lowest BCUT2D eigenvalue weighted by molar-refractivity contribution is -0.159. The third-order valence-corrected chi connectivity index (χ3v) is 4.27. The van der Waals surface area contributed by atoms with Crippen molar-refractivity contribution in [1.29, 1.82) is 0 Å². The van der Waals surface area contributed by atoms with Crippen LogP contribution in [0.15, 0.2) is 48.5 Å². The monoisotopic (exact) mass is 374 g/mol. The number of nitrogens with two attached hydrogens (primary N) is 1. The largest absolute Gasteiger partial charge is 0.447 e. The summed E-state index contributed by atoms with van der Waals surface area (Å²) in [4.78, 5) is 37.4. The van der Waals surface area contributed by atoms with Crippen LogP contribution in [0.2, 0.25) is 0 Å². The van der Waals surface area contributed by atoms with Gasteiger partial charge in [0, 0.05) is 18.5 Å². The van der Waals surface area contributed by atoms with Gasteiger partial charge in [-0.2, -0.15) is 0 Å². The van der Waals surface area contributed by atoms with Crippen LogP contribution in [0.4, 0.5) is 14.5 Å². The van der Waals surface area contributed by atoms with Crippen molar-refractivity contribution in [2.24, 2.45) is 11.7 Å². The second kappa shape index (κ2) is 7.53. The summed E-state index contributed by atoms with van der Waals surface area (Å²) in [6.07, 6.45) is -1.59. The Morgan fingerprint density at radius 2 is 1.78 bits per heavy atom. The first-order valence-corrected chi connectivity index (χ1v) is 8.17. The Balaban J connectivity index is 1.74. The minimum atomic E-state index is -1.41. The van der Waals surface area contributed by atoms with Crippen molar-refractivity contribution in [1.82, 2.24) is 0 Å². The van der Waals surface area contributed by atoms with Crippen molar-refractivity contribution in [3.63, 3.8) is 0 Å². The summed E-state index contributed by atoms with van der Waals surface area (Å²) in [6.45, 7) is -0.0759. The lowest BCUT2D eigenvalue weighted by Crippen LogP contribution is -2.31. The van der Waals surface area contributed by atoms with Crippen molar-refractivity contribution in [3.8, 4) is 0 Å². The number of rotatable bonds is 5. The highest BCUT2D eigenvalue weighted by Crippen LogP contribution is 2.29. The van der Waals surface area contributed by atoms with Crippen molar-refractivity contribution >= 4 is 23.5 Å². The van der Waals surface area contributed by atoms with E-state index in [1.165, 1.54) is 35.2 Å². The lowest BCUT2D eigenvalue weighted by atomic mass is 10.1. The lowest BCUT2D eigenvalue weighted by Gasteiger charge is -2.19. The Kier molecular flexibility index (Phi) is 5.16. The van der Waals surface area contributed by atoms with E-state index in [2.05, 4.69) is 0 Å². The standard InChI is InChI=1S/C19H16F2N2O4/c20-13-7-5-11(6-8-13)17(18(22)25)27-19(26)12-9-16(24)23(10-12)15-4-2-1-3-14(15)21/h1-8,12,17H,9-10H2,(H2,22,25). The molecule has 1 saturated heterocycles. The van der Waals surface area contributed by atoms with Gasteiger partial charge in [0.25, 0.3) is 5.91 Å². The van der Waals surface area contributed by atoms with Crippen LogP contribution in [0, 0.1) is 17.6 Å².